The van der Waals surface area contributed by atoms with Gasteiger partial charge in [0.15, 0.2) is 9.84 Å². The van der Waals surface area contributed by atoms with E-state index in [-0.39, 0.29) is 23.6 Å². The van der Waals surface area contributed by atoms with Gasteiger partial charge >= 0.3 is 0 Å². The Balaban J connectivity index is 1.87. The van der Waals surface area contributed by atoms with Crippen LogP contribution in [0.15, 0.2) is 0 Å². The fraction of sp³-hybridized carbons (Fsp3) is 0.786. The zero-order valence-electron chi connectivity index (χ0n) is 13.3. The molecule has 0 amide bonds. The molecule has 22 heavy (non-hydrogen) atoms. The number of halogens is 1. The molecular weight excluding hydrogens is 324 g/mol. The minimum atomic E-state index is -2.94. The molecule has 0 radical (unpaired) electrons. The van der Waals surface area contributed by atoms with Crippen LogP contribution in [0.25, 0.3) is 0 Å². The second-order valence-corrected chi connectivity index (χ2v) is 8.87. The van der Waals surface area contributed by atoms with Gasteiger partial charge in [-0.15, -0.1) is 0 Å². The van der Waals surface area contributed by atoms with Gasteiger partial charge in [0.05, 0.1) is 17.2 Å². The van der Waals surface area contributed by atoms with E-state index in [4.69, 9.17) is 11.6 Å². The summed E-state index contributed by atoms with van der Waals surface area (Å²) in [4.78, 5) is 4.45. The number of fused-ring (bicyclic) bond motifs is 1. The van der Waals surface area contributed by atoms with Crippen molar-refractivity contribution >= 4 is 21.4 Å². The third-order valence-corrected chi connectivity index (χ3v) is 7.09. The van der Waals surface area contributed by atoms with E-state index in [9.17, 15) is 8.42 Å². The van der Waals surface area contributed by atoms with Crippen LogP contribution in [0.1, 0.15) is 18.2 Å². The lowest BCUT2D eigenvalue weighted by Gasteiger charge is -2.42. The lowest BCUT2D eigenvalue weighted by Crippen LogP contribution is -2.57. The number of aryl methyl sites for hydroxylation is 2. The average Bonchev–Trinajstić information content (AvgIpc) is 2.92. The molecule has 0 spiro atoms. The molecule has 0 aromatic carbocycles. The van der Waals surface area contributed by atoms with Crippen LogP contribution in [-0.2, 0) is 29.9 Å². The maximum absolute atomic E-state index is 12.0. The van der Waals surface area contributed by atoms with Crippen LogP contribution in [0.2, 0.25) is 5.15 Å². The smallest absolute Gasteiger partial charge is 0.153 e. The minimum Gasteiger partial charge on any atom is -0.300 e. The molecule has 3 heterocycles. The minimum absolute atomic E-state index is 0.0599. The SMILES string of the molecule is CCc1nn(C)c(Cl)c1CN1CCN(C)[C@@H]2CS(=O)(=O)C[C@@H]21. The summed E-state index contributed by atoms with van der Waals surface area (Å²) in [5, 5.41) is 5.11. The van der Waals surface area contributed by atoms with Gasteiger partial charge in [0.2, 0.25) is 0 Å². The number of sulfone groups is 1. The van der Waals surface area contributed by atoms with Crippen molar-refractivity contribution in [3.05, 3.63) is 16.4 Å². The molecular formula is C14H23ClN4O2S. The van der Waals surface area contributed by atoms with Gasteiger partial charge in [-0.1, -0.05) is 18.5 Å². The van der Waals surface area contributed by atoms with Gasteiger partial charge < -0.3 is 0 Å². The molecule has 0 aliphatic carbocycles. The third kappa shape index (κ3) is 2.79. The lowest BCUT2D eigenvalue weighted by molar-refractivity contribution is 0.0571. The molecule has 2 fully saturated rings. The van der Waals surface area contributed by atoms with Crippen LogP contribution in [0.4, 0.5) is 0 Å². The summed E-state index contributed by atoms with van der Waals surface area (Å²) in [7, 11) is 0.919. The van der Waals surface area contributed by atoms with Gasteiger partial charge in [0.1, 0.15) is 5.15 Å². The number of hydrogen-bond donors (Lipinski definition) is 0. The third-order valence-electron chi connectivity index (χ3n) is 4.92. The summed E-state index contributed by atoms with van der Waals surface area (Å²) < 4.78 is 25.8. The van der Waals surface area contributed by atoms with Gasteiger partial charge in [-0.25, -0.2) is 8.42 Å². The summed E-state index contributed by atoms with van der Waals surface area (Å²) in [5.41, 5.74) is 2.04. The van der Waals surface area contributed by atoms with Crippen molar-refractivity contribution in [2.75, 3.05) is 31.6 Å². The summed E-state index contributed by atoms with van der Waals surface area (Å²) in [5.74, 6) is 0.521. The van der Waals surface area contributed by atoms with Crippen molar-refractivity contribution in [3.63, 3.8) is 0 Å². The van der Waals surface area contributed by atoms with Gasteiger partial charge in [0.25, 0.3) is 0 Å². The Hall–Kier alpha value is -0.630. The molecule has 2 atom stereocenters. The van der Waals surface area contributed by atoms with E-state index >= 15 is 0 Å². The predicted molar refractivity (Wildman–Crippen MR) is 86.9 cm³/mol. The van der Waals surface area contributed by atoms with Crippen LogP contribution < -0.4 is 0 Å². The van der Waals surface area contributed by atoms with E-state index in [1.54, 1.807) is 4.68 Å². The largest absolute Gasteiger partial charge is 0.300 e. The normalized spacial score (nSPS) is 28.9. The zero-order chi connectivity index (χ0) is 16.1. The molecule has 0 unspecified atom stereocenters. The quantitative estimate of drug-likeness (QED) is 0.800. The first-order valence-corrected chi connectivity index (χ1v) is 9.87. The van der Waals surface area contributed by atoms with Gasteiger partial charge in [-0.05, 0) is 13.5 Å². The van der Waals surface area contributed by atoms with Gasteiger partial charge in [0, 0.05) is 44.3 Å². The monoisotopic (exact) mass is 346 g/mol. The van der Waals surface area contributed by atoms with Gasteiger partial charge in [-0.2, -0.15) is 5.10 Å². The lowest BCUT2D eigenvalue weighted by atomic mass is 10.0. The Kier molecular flexibility index (Phi) is 4.26. The Bertz CT molecular complexity index is 673. The Morgan fingerprint density at radius 2 is 1.91 bits per heavy atom. The summed E-state index contributed by atoms with van der Waals surface area (Å²) in [6.45, 7) is 4.49. The van der Waals surface area contributed by atoms with Crippen molar-refractivity contribution in [2.24, 2.45) is 7.05 Å². The molecule has 3 rings (SSSR count). The van der Waals surface area contributed by atoms with Crippen molar-refractivity contribution in [1.82, 2.24) is 19.6 Å². The van der Waals surface area contributed by atoms with Crippen LogP contribution in [0.3, 0.4) is 0 Å². The summed E-state index contributed by atoms with van der Waals surface area (Å²) >= 11 is 6.38. The molecule has 1 aromatic rings. The second kappa shape index (κ2) is 5.78. The first kappa shape index (κ1) is 16.2. The highest BCUT2D eigenvalue weighted by molar-refractivity contribution is 7.91. The molecule has 2 saturated heterocycles. The van der Waals surface area contributed by atoms with Crippen molar-refractivity contribution in [2.45, 2.75) is 32.0 Å². The number of hydrogen-bond acceptors (Lipinski definition) is 5. The number of rotatable bonds is 3. The highest BCUT2D eigenvalue weighted by Gasteiger charge is 2.45. The highest BCUT2D eigenvalue weighted by atomic mass is 35.5. The van der Waals surface area contributed by atoms with Crippen LogP contribution in [0.5, 0.6) is 0 Å². The number of aromatic nitrogens is 2. The highest BCUT2D eigenvalue weighted by Crippen LogP contribution is 2.29. The van der Waals surface area contributed by atoms with Crippen molar-refractivity contribution in [1.29, 1.82) is 0 Å². The van der Waals surface area contributed by atoms with Crippen molar-refractivity contribution in [3.8, 4) is 0 Å². The molecule has 2 aliphatic rings. The Morgan fingerprint density at radius 1 is 1.23 bits per heavy atom. The van der Waals surface area contributed by atoms with E-state index in [2.05, 4.69) is 21.8 Å². The van der Waals surface area contributed by atoms with Crippen LogP contribution in [-0.4, -0.2) is 71.7 Å². The Labute approximate surface area is 136 Å². The number of nitrogens with zero attached hydrogens (tertiary/aromatic N) is 4. The number of piperazine rings is 1. The first-order valence-electron chi connectivity index (χ1n) is 7.67. The topological polar surface area (TPSA) is 58.4 Å². The summed E-state index contributed by atoms with van der Waals surface area (Å²) in [6, 6.07) is 0.156. The zero-order valence-corrected chi connectivity index (χ0v) is 14.9. The number of likely N-dealkylation sites (N-methyl/N-ethyl adjacent to an activating group) is 1. The molecule has 124 valence electrons. The van der Waals surface area contributed by atoms with E-state index < -0.39 is 9.84 Å². The van der Waals surface area contributed by atoms with Crippen LogP contribution in [0, 0.1) is 0 Å². The van der Waals surface area contributed by atoms with Crippen LogP contribution >= 0.6 is 11.6 Å². The molecule has 0 N–H and O–H groups in total. The molecule has 2 aliphatic heterocycles. The molecule has 0 saturated carbocycles. The standard InChI is InChI=1S/C14H23ClN4O2S/c1-4-11-10(14(15)18(3)16-11)7-19-6-5-17(2)12-8-22(20,21)9-13(12)19/h12-13H,4-9H2,1-3H3/t12-,13+/m1/s1. The summed E-state index contributed by atoms with van der Waals surface area (Å²) in [6.07, 6.45) is 0.829. The second-order valence-electron chi connectivity index (χ2n) is 6.36. The predicted octanol–water partition coefficient (Wildman–Crippen LogP) is 0.549. The average molecular weight is 347 g/mol. The molecule has 8 heteroatoms. The molecule has 1 aromatic heterocycles. The van der Waals surface area contributed by atoms with E-state index in [1.807, 2.05) is 14.1 Å². The fourth-order valence-corrected chi connectivity index (χ4v) is 5.93. The van der Waals surface area contributed by atoms with E-state index in [0.29, 0.717) is 11.7 Å². The maximum atomic E-state index is 12.0. The molecule has 0 bridgehead atoms. The fourth-order valence-electron chi connectivity index (χ4n) is 3.64. The first-order chi connectivity index (χ1) is 10.3. The van der Waals surface area contributed by atoms with Gasteiger partial charge in [-0.3, -0.25) is 14.5 Å². The van der Waals surface area contributed by atoms with Crippen molar-refractivity contribution < 1.29 is 8.42 Å². The van der Waals surface area contributed by atoms with E-state index in [0.717, 1.165) is 30.8 Å². The Morgan fingerprint density at radius 3 is 2.59 bits per heavy atom. The van der Waals surface area contributed by atoms with E-state index in [1.165, 1.54) is 0 Å². The maximum Gasteiger partial charge on any atom is 0.153 e. The molecule has 6 nitrogen and oxygen atoms in total.